The van der Waals surface area contributed by atoms with Gasteiger partial charge in [-0.3, -0.25) is 4.79 Å². The molecule has 0 spiro atoms. The highest BCUT2D eigenvalue weighted by molar-refractivity contribution is 5.73. The molecule has 0 fully saturated rings. The number of hydrogen-bond acceptors (Lipinski definition) is 3. The minimum atomic E-state index is -0.815. The lowest BCUT2D eigenvalue weighted by molar-refractivity contribution is -0.147. The molecule has 0 saturated heterocycles. The quantitative estimate of drug-likeness (QED) is 0.780. The molecule has 2 N–H and O–H groups in total. The smallest absolute Gasteiger partial charge is 0.309 e. The zero-order valence-corrected chi connectivity index (χ0v) is 10.8. The molecular formula is C14H20O4. The minimum absolute atomic E-state index is 0.132. The van der Waals surface area contributed by atoms with Crippen LogP contribution < -0.4 is 4.74 Å². The average Bonchev–Trinajstić information content (AvgIpc) is 2.31. The predicted octanol–water partition coefficient (Wildman–Crippen LogP) is 2.10. The van der Waals surface area contributed by atoms with Crippen LogP contribution in [0, 0.1) is 5.41 Å². The van der Waals surface area contributed by atoms with Gasteiger partial charge in [-0.05, 0) is 44.4 Å². The fourth-order valence-corrected chi connectivity index (χ4v) is 1.41. The molecule has 0 amide bonds. The molecule has 0 aliphatic rings. The molecule has 0 aliphatic heterocycles. The molecule has 0 aliphatic carbocycles. The summed E-state index contributed by atoms with van der Waals surface area (Å²) >= 11 is 0. The summed E-state index contributed by atoms with van der Waals surface area (Å²) < 4.78 is 5.50. The molecule has 100 valence electrons. The number of ether oxygens (including phenoxy) is 1. The summed E-state index contributed by atoms with van der Waals surface area (Å²) in [6.45, 7) is 3.87. The van der Waals surface area contributed by atoms with Crippen molar-refractivity contribution < 1.29 is 19.7 Å². The molecule has 0 aromatic heterocycles. The summed E-state index contributed by atoms with van der Waals surface area (Å²) in [5, 5.41) is 17.7. The van der Waals surface area contributed by atoms with E-state index in [1.165, 1.54) is 0 Å². The summed E-state index contributed by atoms with van der Waals surface area (Å²) in [6, 6.07) is 7.46. The highest BCUT2D eigenvalue weighted by Gasteiger charge is 2.26. The topological polar surface area (TPSA) is 66.8 Å². The molecule has 1 aromatic rings. The maximum Gasteiger partial charge on any atom is 0.309 e. The van der Waals surface area contributed by atoms with Crippen LogP contribution in [0.1, 0.15) is 25.8 Å². The van der Waals surface area contributed by atoms with Crippen LogP contribution in [0.2, 0.25) is 0 Å². The van der Waals surface area contributed by atoms with Gasteiger partial charge in [0.05, 0.1) is 12.0 Å². The maximum absolute atomic E-state index is 10.9. The highest BCUT2D eigenvalue weighted by Crippen LogP contribution is 2.21. The summed E-state index contributed by atoms with van der Waals surface area (Å²) in [5.41, 5.74) is 0.285. The van der Waals surface area contributed by atoms with E-state index in [0.29, 0.717) is 19.4 Å². The molecule has 0 atom stereocenters. The van der Waals surface area contributed by atoms with E-state index in [9.17, 15) is 4.79 Å². The number of benzene rings is 1. The van der Waals surface area contributed by atoms with Crippen LogP contribution in [0.5, 0.6) is 5.75 Å². The summed E-state index contributed by atoms with van der Waals surface area (Å²) in [7, 11) is 0. The molecule has 0 bridgehead atoms. The van der Waals surface area contributed by atoms with Gasteiger partial charge in [0.25, 0.3) is 0 Å². The molecule has 0 saturated carbocycles. The Balaban J connectivity index is 2.42. The maximum atomic E-state index is 10.9. The van der Waals surface area contributed by atoms with Crippen molar-refractivity contribution in [3.05, 3.63) is 29.8 Å². The van der Waals surface area contributed by atoms with Gasteiger partial charge in [0.1, 0.15) is 5.75 Å². The van der Waals surface area contributed by atoms with E-state index in [-0.39, 0.29) is 6.61 Å². The molecule has 4 heteroatoms. The number of aliphatic hydroxyl groups is 1. The SMILES string of the molecule is CC(C)(CCOc1ccc(CCO)cc1)C(=O)O. The van der Waals surface area contributed by atoms with Gasteiger partial charge in [0.15, 0.2) is 0 Å². The minimum Gasteiger partial charge on any atom is -0.494 e. The van der Waals surface area contributed by atoms with Gasteiger partial charge < -0.3 is 14.9 Å². The Kier molecular flexibility index (Phi) is 5.16. The van der Waals surface area contributed by atoms with Crippen LogP contribution in [0.3, 0.4) is 0 Å². The molecular weight excluding hydrogens is 232 g/mol. The Labute approximate surface area is 107 Å². The Morgan fingerprint density at radius 2 is 1.89 bits per heavy atom. The van der Waals surface area contributed by atoms with Crippen molar-refractivity contribution in [1.82, 2.24) is 0 Å². The first-order valence-corrected chi connectivity index (χ1v) is 6.02. The van der Waals surface area contributed by atoms with Crippen molar-refractivity contribution in [1.29, 1.82) is 0 Å². The Morgan fingerprint density at radius 3 is 2.39 bits per heavy atom. The monoisotopic (exact) mass is 252 g/mol. The van der Waals surface area contributed by atoms with Gasteiger partial charge in [-0.15, -0.1) is 0 Å². The molecule has 0 radical (unpaired) electrons. The molecule has 1 aromatic carbocycles. The van der Waals surface area contributed by atoms with Gasteiger partial charge >= 0.3 is 5.97 Å². The van der Waals surface area contributed by atoms with Crippen molar-refractivity contribution in [2.24, 2.45) is 5.41 Å². The lowest BCUT2D eigenvalue weighted by Crippen LogP contribution is -2.25. The van der Waals surface area contributed by atoms with Gasteiger partial charge in [0.2, 0.25) is 0 Å². The summed E-state index contributed by atoms with van der Waals surface area (Å²) in [6.07, 6.45) is 1.09. The van der Waals surface area contributed by atoms with Crippen LogP contribution in [-0.4, -0.2) is 29.4 Å². The summed E-state index contributed by atoms with van der Waals surface area (Å²) in [5.74, 6) is -0.0951. The first kappa shape index (κ1) is 14.5. The molecule has 4 nitrogen and oxygen atoms in total. The van der Waals surface area contributed by atoms with Gasteiger partial charge in [-0.1, -0.05) is 12.1 Å². The summed E-state index contributed by atoms with van der Waals surface area (Å²) in [4.78, 5) is 10.9. The first-order valence-electron chi connectivity index (χ1n) is 6.02. The standard InChI is InChI=1S/C14H20O4/c1-14(2,13(16)17)8-10-18-12-5-3-11(4-6-12)7-9-15/h3-6,15H,7-10H2,1-2H3,(H,16,17). The van der Waals surface area contributed by atoms with Crippen LogP contribution in [0.4, 0.5) is 0 Å². The molecule has 18 heavy (non-hydrogen) atoms. The fraction of sp³-hybridized carbons (Fsp3) is 0.500. The zero-order valence-electron chi connectivity index (χ0n) is 10.8. The molecule has 0 heterocycles. The van der Waals surface area contributed by atoms with Crippen molar-refractivity contribution in [3.8, 4) is 5.75 Å². The van der Waals surface area contributed by atoms with Gasteiger partial charge in [-0.25, -0.2) is 0 Å². The third-order valence-electron chi connectivity index (χ3n) is 2.90. The van der Waals surface area contributed by atoms with E-state index in [4.69, 9.17) is 14.9 Å². The number of carboxylic acids is 1. The Morgan fingerprint density at radius 1 is 1.28 bits per heavy atom. The van der Waals surface area contributed by atoms with E-state index in [0.717, 1.165) is 11.3 Å². The molecule has 0 unspecified atom stereocenters. The van der Waals surface area contributed by atoms with Crippen LogP contribution in [0.25, 0.3) is 0 Å². The first-order chi connectivity index (χ1) is 8.45. The second-order valence-electron chi connectivity index (χ2n) is 4.91. The van der Waals surface area contributed by atoms with Gasteiger partial charge in [0, 0.05) is 6.61 Å². The van der Waals surface area contributed by atoms with E-state index < -0.39 is 11.4 Å². The number of carbonyl (C=O) groups is 1. The van der Waals surface area contributed by atoms with Crippen molar-refractivity contribution in [2.45, 2.75) is 26.7 Å². The number of rotatable bonds is 7. The van der Waals surface area contributed by atoms with E-state index in [2.05, 4.69) is 0 Å². The van der Waals surface area contributed by atoms with E-state index in [1.54, 1.807) is 13.8 Å². The second kappa shape index (κ2) is 6.40. The second-order valence-corrected chi connectivity index (χ2v) is 4.91. The van der Waals surface area contributed by atoms with Crippen LogP contribution in [-0.2, 0) is 11.2 Å². The Bertz CT molecular complexity index is 381. The largest absolute Gasteiger partial charge is 0.494 e. The lowest BCUT2D eigenvalue weighted by atomic mass is 9.90. The number of aliphatic carboxylic acids is 1. The normalized spacial score (nSPS) is 11.3. The van der Waals surface area contributed by atoms with Gasteiger partial charge in [-0.2, -0.15) is 0 Å². The highest BCUT2D eigenvalue weighted by atomic mass is 16.5. The third kappa shape index (κ3) is 4.37. The van der Waals surface area contributed by atoms with E-state index in [1.807, 2.05) is 24.3 Å². The lowest BCUT2D eigenvalue weighted by Gasteiger charge is -2.18. The average molecular weight is 252 g/mol. The van der Waals surface area contributed by atoms with Crippen molar-refractivity contribution >= 4 is 5.97 Å². The molecule has 1 rings (SSSR count). The van der Waals surface area contributed by atoms with Crippen molar-refractivity contribution in [2.75, 3.05) is 13.2 Å². The van der Waals surface area contributed by atoms with Crippen molar-refractivity contribution in [3.63, 3.8) is 0 Å². The Hall–Kier alpha value is -1.55. The number of hydrogen-bond donors (Lipinski definition) is 2. The number of aliphatic hydroxyl groups excluding tert-OH is 1. The van der Waals surface area contributed by atoms with Crippen LogP contribution >= 0.6 is 0 Å². The zero-order chi connectivity index (χ0) is 13.6. The van der Waals surface area contributed by atoms with E-state index >= 15 is 0 Å². The van der Waals surface area contributed by atoms with Crippen LogP contribution in [0.15, 0.2) is 24.3 Å². The predicted molar refractivity (Wildman–Crippen MR) is 68.8 cm³/mol. The third-order valence-corrected chi connectivity index (χ3v) is 2.90. The fourth-order valence-electron chi connectivity index (χ4n) is 1.41. The number of carboxylic acid groups (broad SMARTS) is 1.